The van der Waals surface area contributed by atoms with Gasteiger partial charge in [0.1, 0.15) is 0 Å². The Morgan fingerprint density at radius 2 is 2.16 bits per heavy atom. The number of amides is 1. The van der Waals surface area contributed by atoms with Crippen molar-refractivity contribution in [2.45, 2.75) is 43.5 Å². The standard InChI is InChI=1S/C17H22N4O3S/c22-15(20-7-1-2-8-20)12-25-17-19-18-16(14-6-4-10-24-14)21(17)11-13-5-3-9-23-13/h4,6,10,13H,1-3,5,7-9,11-12H2/t13-/m1/s1. The van der Waals surface area contributed by atoms with Gasteiger partial charge in [-0.25, -0.2) is 0 Å². The van der Waals surface area contributed by atoms with Crippen molar-refractivity contribution in [3.63, 3.8) is 0 Å². The van der Waals surface area contributed by atoms with Crippen molar-refractivity contribution in [2.75, 3.05) is 25.4 Å². The summed E-state index contributed by atoms with van der Waals surface area (Å²) >= 11 is 1.44. The van der Waals surface area contributed by atoms with Crippen molar-refractivity contribution >= 4 is 17.7 Å². The molecule has 0 aromatic carbocycles. The molecule has 4 rings (SSSR count). The molecule has 2 aliphatic heterocycles. The van der Waals surface area contributed by atoms with Crippen LogP contribution in [0.3, 0.4) is 0 Å². The third-order valence-electron chi connectivity index (χ3n) is 4.65. The smallest absolute Gasteiger partial charge is 0.233 e. The van der Waals surface area contributed by atoms with Gasteiger partial charge in [-0.05, 0) is 37.8 Å². The van der Waals surface area contributed by atoms with Crippen LogP contribution in [0.15, 0.2) is 28.0 Å². The van der Waals surface area contributed by atoms with Gasteiger partial charge in [0.15, 0.2) is 10.9 Å². The van der Waals surface area contributed by atoms with E-state index in [9.17, 15) is 4.79 Å². The number of furan rings is 1. The van der Waals surface area contributed by atoms with Crippen molar-refractivity contribution in [3.8, 4) is 11.6 Å². The minimum atomic E-state index is 0.165. The molecule has 2 aromatic heterocycles. The van der Waals surface area contributed by atoms with E-state index < -0.39 is 0 Å². The lowest BCUT2D eigenvalue weighted by Gasteiger charge is -2.16. The van der Waals surface area contributed by atoms with E-state index in [1.54, 1.807) is 6.26 Å². The monoisotopic (exact) mass is 362 g/mol. The summed E-state index contributed by atoms with van der Waals surface area (Å²) in [5.74, 6) is 1.94. The number of aromatic nitrogens is 3. The van der Waals surface area contributed by atoms with Gasteiger partial charge in [-0.15, -0.1) is 10.2 Å². The molecule has 4 heterocycles. The first kappa shape index (κ1) is 16.7. The van der Waals surface area contributed by atoms with Gasteiger partial charge < -0.3 is 14.1 Å². The second-order valence-electron chi connectivity index (χ2n) is 6.41. The predicted octanol–water partition coefficient (Wildman–Crippen LogP) is 2.43. The molecule has 0 spiro atoms. The van der Waals surface area contributed by atoms with Gasteiger partial charge in [0, 0.05) is 19.7 Å². The molecule has 2 fully saturated rings. The maximum Gasteiger partial charge on any atom is 0.233 e. The lowest BCUT2D eigenvalue weighted by atomic mass is 10.2. The molecule has 7 nitrogen and oxygen atoms in total. The highest BCUT2D eigenvalue weighted by molar-refractivity contribution is 7.99. The van der Waals surface area contributed by atoms with Crippen LogP contribution in [0.4, 0.5) is 0 Å². The maximum absolute atomic E-state index is 12.3. The molecule has 0 N–H and O–H groups in total. The van der Waals surface area contributed by atoms with Crippen LogP contribution in [0.25, 0.3) is 11.6 Å². The molecule has 2 aliphatic rings. The number of hydrogen-bond acceptors (Lipinski definition) is 6. The van der Waals surface area contributed by atoms with Crippen molar-refractivity contribution in [1.82, 2.24) is 19.7 Å². The van der Waals surface area contributed by atoms with Crippen LogP contribution < -0.4 is 0 Å². The van der Waals surface area contributed by atoms with Crippen LogP contribution in [-0.2, 0) is 16.1 Å². The molecule has 25 heavy (non-hydrogen) atoms. The second-order valence-corrected chi connectivity index (χ2v) is 7.35. The van der Waals surface area contributed by atoms with E-state index in [-0.39, 0.29) is 12.0 Å². The maximum atomic E-state index is 12.3. The van der Waals surface area contributed by atoms with E-state index in [0.29, 0.717) is 23.9 Å². The average molecular weight is 362 g/mol. The molecule has 0 saturated carbocycles. The molecular formula is C17H22N4O3S. The number of thioether (sulfide) groups is 1. The Kier molecular flexibility index (Phi) is 5.07. The van der Waals surface area contributed by atoms with Gasteiger partial charge >= 0.3 is 0 Å². The Labute approximate surface area is 150 Å². The first-order chi connectivity index (χ1) is 12.3. The molecule has 1 amide bonds. The van der Waals surface area contributed by atoms with Crippen LogP contribution >= 0.6 is 11.8 Å². The third-order valence-corrected chi connectivity index (χ3v) is 5.60. The topological polar surface area (TPSA) is 73.4 Å². The zero-order valence-electron chi connectivity index (χ0n) is 14.1. The second kappa shape index (κ2) is 7.61. The fraction of sp³-hybridized carbons (Fsp3) is 0.588. The fourth-order valence-electron chi connectivity index (χ4n) is 3.32. The number of carbonyl (C=O) groups is 1. The van der Waals surface area contributed by atoms with Crippen molar-refractivity contribution in [2.24, 2.45) is 0 Å². The molecule has 134 valence electrons. The minimum Gasteiger partial charge on any atom is -0.461 e. The van der Waals surface area contributed by atoms with Crippen LogP contribution in [0.1, 0.15) is 25.7 Å². The highest BCUT2D eigenvalue weighted by Crippen LogP contribution is 2.27. The van der Waals surface area contributed by atoms with Gasteiger partial charge in [0.2, 0.25) is 11.7 Å². The Bertz CT molecular complexity index is 704. The highest BCUT2D eigenvalue weighted by Gasteiger charge is 2.24. The first-order valence-electron chi connectivity index (χ1n) is 8.80. The first-order valence-corrected chi connectivity index (χ1v) is 9.79. The molecule has 0 radical (unpaired) electrons. The summed E-state index contributed by atoms with van der Waals surface area (Å²) in [5.41, 5.74) is 0. The van der Waals surface area contributed by atoms with E-state index in [4.69, 9.17) is 9.15 Å². The largest absolute Gasteiger partial charge is 0.461 e. The number of likely N-dealkylation sites (tertiary alicyclic amines) is 1. The molecule has 2 saturated heterocycles. The average Bonchev–Trinajstić information content (AvgIpc) is 3.40. The van der Waals surface area contributed by atoms with E-state index in [1.165, 1.54) is 11.8 Å². The summed E-state index contributed by atoms with van der Waals surface area (Å²) in [4.78, 5) is 14.2. The summed E-state index contributed by atoms with van der Waals surface area (Å²) < 4.78 is 13.3. The molecule has 0 unspecified atom stereocenters. The highest BCUT2D eigenvalue weighted by atomic mass is 32.2. The van der Waals surface area contributed by atoms with Gasteiger partial charge in [0.05, 0.1) is 24.7 Å². The van der Waals surface area contributed by atoms with E-state index in [0.717, 1.165) is 50.5 Å². The van der Waals surface area contributed by atoms with Crippen LogP contribution in [-0.4, -0.2) is 57.1 Å². The Balaban J connectivity index is 1.50. The number of ether oxygens (including phenoxy) is 1. The molecule has 8 heteroatoms. The number of carbonyl (C=O) groups excluding carboxylic acids is 1. The zero-order chi connectivity index (χ0) is 17.1. The normalized spacial score (nSPS) is 20.5. The lowest BCUT2D eigenvalue weighted by Crippen LogP contribution is -2.29. The Morgan fingerprint density at radius 1 is 1.28 bits per heavy atom. The molecular weight excluding hydrogens is 340 g/mol. The van der Waals surface area contributed by atoms with Gasteiger partial charge in [-0.2, -0.15) is 0 Å². The molecule has 0 aliphatic carbocycles. The predicted molar refractivity (Wildman–Crippen MR) is 93.2 cm³/mol. The van der Waals surface area contributed by atoms with Crippen molar-refractivity contribution < 1.29 is 13.9 Å². The lowest BCUT2D eigenvalue weighted by molar-refractivity contribution is -0.127. The molecule has 0 bridgehead atoms. The Morgan fingerprint density at radius 3 is 2.88 bits per heavy atom. The summed E-state index contributed by atoms with van der Waals surface area (Å²) in [6, 6.07) is 3.71. The molecule has 1 atom stereocenters. The van der Waals surface area contributed by atoms with Crippen LogP contribution in [0.5, 0.6) is 0 Å². The number of rotatable bonds is 6. The van der Waals surface area contributed by atoms with Crippen molar-refractivity contribution in [3.05, 3.63) is 18.4 Å². The third kappa shape index (κ3) is 3.74. The van der Waals surface area contributed by atoms with Gasteiger partial charge in [0.25, 0.3) is 0 Å². The summed E-state index contributed by atoms with van der Waals surface area (Å²) in [6.07, 6.45) is 6.12. The Hall–Kier alpha value is -1.80. The number of hydrogen-bond donors (Lipinski definition) is 0. The van der Waals surface area contributed by atoms with E-state index >= 15 is 0 Å². The number of nitrogens with zero attached hydrogens (tertiary/aromatic N) is 4. The summed E-state index contributed by atoms with van der Waals surface area (Å²) in [7, 11) is 0. The summed E-state index contributed by atoms with van der Waals surface area (Å²) in [5, 5.41) is 9.34. The molecule has 2 aromatic rings. The summed E-state index contributed by atoms with van der Waals surface area (Å²) in [6.45, 7) is 3.24. The fourth-order valence-corrected chi connectivity index (χ4v) is 4.17. The van der Waals surface area contributed by atoms with Gasteiger partial charge in [-0.1, -0.05) is 11.8 Å². The van der Waals surface area contributed by atoms with Gasteiger partial charge in [-0.3, -0.25) is 9.36 Å². The van der Waals surface area contributed by atoms with E-state index in [1.807, 2.05) is 21.6 Å². The minimum absolute atomic E-state index is 0.165. The zero-order valence-corrected chi connectivity index (χ0v) is 14.9. The van der Waals surface area contributed by atoms with E-state index in [2.05, 4.69) is 10.2 Å². The quantitative estimate of drug-likeness (QED) is 0.735. The van der Waals surface area contributed by atoms with Crippen LogP contribution in [0.2, 0.25) is 0 Å². The van der Waals surface area contributed by atoms with Crippen LogP contribution in [0, 0.1) is 0 Å². The SMILES string of the molecule is O=C(CSc1nnc(-c2ccco2)n1C[C@H]1CCCO1)N1CCCC1. The van der Waals surface area contributed by atoms with Crippen molar-refractivity contribution in [1.29, 1.82) is 0 Å².